The number of nitrogens with zero attached hydrogens (tertiary/aromatic N) is 1. The predicted octanol–water partition coefficient (Wildman–Crippen LogP) is 3.06. The van der Waals surface area contributed by atoms with Gasteiger partial charge in [-0.2, -0.15) is 0 Å². The first-order valence-electron chi connectivity index (χ1n) is 5.31. The molecule has 0 saturated carbocycles. The second-order valence-corrected chi connectivity index (χ2v) is 4.05. The minimum atomic E-state index is -0.397. The van der Waals surface area contributed by atoms with Crippen molar-refractivity contribution in [1.82, 2.24) is 4.98 Å². The minimum absolute atomic E-state index is 0.0408. The van der Waals surface area contributed by atoms with Crippen LogP contribution in [0.4, 0.5) is 10.2 Å². The van der Waals surface area contributed by atoms with E-state index in [-0.39, 0.29) is 12.3 Å². The van der Waals surface area contributed by atoms with E-state index in [0.717, 1.165) is 0 Å². The fourth-order valence-corrected chi connectivity index (χ4v) is 1.64. The smallest absolute Gasteiger partial charge is 0.230 e. The summed E-state index contributed by atoms with van der Waals surface area (Å²) in [5.74, 6) is -0.384. The molecule has 0 radical (unpaired) electrons. The Balaban J connectivity index is 2.03. The Hall–Kier alpha value is -1.94. The average Bonchev–Trinajstić information content (AvgIpc) is 2.32. The van der Waals surface area contributed by atoms with Crippen molar-refractivity contribution >= 4 is 23.3 Å². The van der Waals surface area contributed by atoms with Crippen molar-refractivity contribution in [1.29, 1.82) is 0 Å². The van der Waals surface area contributed by atoms with Crippen molar-refractivity contribution in [2.24, 2.45) is 0 Å². The predicted molar refractivity (Wildman–Crippen MR) is 68.0 cm³/mol. The summed E-state index contributed by atoms with van der Waals surface area (Å²) in [5.41, 5.74) is 0.344. The molecule has 0 atom stereocenters. The van der Waals surface area contributed by atoms with Gasteiger partial charge >= 0.3 is 0 Å². The summed E-state index contributed by atoms with van der Waals surface area (Å²) >= 11 is 5.69. The van der Waals surface area contributed by atoms with E-state index in [9.17, 15) is 9.18 Å². The number of carbonyl (C=O) groups excluding carboxylic acids is 1. The topological polar surface area (TPSA) is 42.0 Å². The molecule has 92 valence electrons. The summed E-state index contributed by atoms with van der Waals surface area (Å²) in [6.07, 6.45) is -0.0408. The fraction of sp³-hybridized carbons (Fsp3) is 0.0769. The number of hydrogen-bond acceptors (Lipinski definition) is 2. The summed E-state index contributed by atoms with van der Waals surface area (Å²) in [6, 6.07) is 11.0. The number of halogens is 2. The van der Waals surface area contributed by atoms with E-state index < -0.39 is 5.82 Å². The van der Waals surface area contributed by atoms with Gasteiger partial charge < -0.3 is 5.32 Å². The lowest BCUT2D eigenvalue weighted by molar-refractivity contribution is -0.115. The summed E-state index contributed by atoms with van der Waals surface area (Å²) in [4.78, 5) is 15.6. The molecular formula is C13H10ClFN2O. The van der Waals surface area contributed by atoms with Gasteiger partial charge in [-0.05, 0) is 23.8 Å². The Kier molecular flexibility index (Phi) is 3.89. The van der Waals surface area contributed by atoms with E-state index in [0.29, 0.717) is 16.5 Å². The molecular weight excluding hydrogens is 255 g/mol. The summed E-state index contributed by atoms with van der Waals surface area (Å²) < 4.78 is 13.3. The van der Waals surface area contributed by atoms with Gasteiger partial charge in [-0.25, -0.2) is 9.37 Å². The number of hydrogen-bond donors (Lipinski definition) is 1. The Morgan fingerprint density at radius 3 is 2.72 bits per heavy atom. The van der Waals surface area contributed by atoms with Crippen molar-refractivity contribution in [2.45, 2.75) is 6.42 Å². The lowest BCUT2D eigenvalue weighted by Gasteiger charge is -2.05. The zero-order valence-electron chi connectivity index (χ0n) is 9.36. The standard InChI is InChI=1S/C13H10ClFN2O/c14-11-6-3-7-12(16-11)17-13(18)8-9-4-1-2-5-10(9)15/h1-7H,8H2,(H,16,17,18). The van der Waals surface area contributed by atoms with Crippen molar-refractivity contribution in [3.63, 3.8) is 0 Å². The molecule has 0 aliphatic carbocycles. The largest absolute Gasteiger partial charge is 0.310 e. The van der Waals surface area contributed by atoms with Crippen LogP contribution in [0.25, 0.3) is 0 Å². The molecule has 0 spiro atoms. The van der Waals surface area contributed by atoms with Gasteiger partial charge in [-0.3, -0.25) is 4.79 Å². The first-order chi connectivity index (χ1) is 8.65. The Labute approximate surface area is 109 Å². The maximum Gasteiger partial charge on any atom is 0.230 e. The van der Waals surface area contributed by atoms with E-state index in [1.807, 2.05) is 0 Å². The van der Waals surface area contributed by atoms with E-state index in [1.54, 1.807) is 36.4 Å². The Morgan fingerprint density at radius 1 is 1.22 bits per heavy atom. The lowest BCUT2D eigenvalue weighted by Crippen LogP contribution is -2.16. The van der Waals surface area contributed by atoms with Crippen molar-refractivity contribution in [3.05, 3.63) is 59.0 Å². The summed E-state index contributed by atoms with van der Waals surface area (Å²) in [5, 5.41) is 2.85. The third kappa shape index (κ3) is 3.28. The van der Waals surface area contributed by atoms with Gasteiger partial charge in [-0.15, -0.1) is 0 Å². The van der Waals surface area contributed by atoms with Gasteiger partial charge in [0.15, 0.2) is 0 Å². The van der Waals surface area contributed by atoms with Crippen molar-refractivity contribution < 1.29 is 9.18 Å². The molecule has 1 heterocycles. The molecule has 5 heteroatoms. The van der Waals surface area contributed by atoms with Crippen LogP contribution in [0.1, 0.15) is 5.56 Å². The number of carbonyl (C=O) groups is 1. The first kappa shape index (κ1) is 12.5. The number of rotatable bonds is 3. The maximum atomic E-state index is 13.3. The van der Waals surface area contributed by atoms with Gasteiger partial charge in [0.2, 0.25) is 5.91 Å². The fourth-order valence-electron chi connectivity index (χ4n) is 1.48. The molecule has 2 aromatic rings. The van der Waals surface area contributed by atoms with Gasteiger partial charge in [0.25, 0.3) is 0 Å². The van der Waals surface area contributed by atoms with Crippen LogP contribution in [0, 0.1) is 5.82 Å². The number of pyridine rings is 1. The van der Waals surface area contributed by atoms with Crippen LogP contribution in [0.3, 0.4) is 0 Å². The molecule has 0 bridgehead atoms. The Bertz CT molecular complexity index is 574. The van der Waals surface area contributed by atoms with Crippen LogP contribution in [-0.4, -0.2) is 10.9 Å². The van der Waals surface area contributed by atoms with Crippen LogP contribution < -0.4 is 5.32 Å². The van der Waals surface area contributed by atoms with Crippen LogP contribution in [0.15, 0.2) is 42.5 Å². The Morgan fingerprint density at radius 2 is 2.00 bits per heavy atom. The number of aromatic nitrogens is 1. The zero-order chi connectivity index (χ0) is 13.0. The molecule has 18 heavy (non-hydrogen) atoms. The highest BCUT2D eigenvalue weighted by Gasteiger charge is 2.08. The second kappa shape index (κ2) is 5.60. The summed E-state index contributed by atoms with van der Waals surface area (Å²) in [6.45, 7) is 0. The highest BCUT2D eigenvalue weighted by atomic mass is 35.5. The van der Waals surface area contributed by atoms with Gasteiger partial charge in [0, 0.05) is 0 Å². The van der Waals surface area contributed by atoms with Crippen LogP contribution in [0.5, 0.6) is 0 Å². The number of amides is 1. The van der Waals surface area contributed by atoms with Crippen LogP contribution in [0.2, 0.25) is 5.15 Å². The molecule has 1 amide bonds. The normalized spacial score (nSPS) is 10.1. The molecule has 1 N–H and O–H groups in total. The molecule has 1 aromatic carbocycles. The molecule has 3 nitrogen and oxygen atoms in total. The summed E-state index contributed by atoms with van der Waals surface area (Å²) in [7, 11) is 0. The number of anilines is 1. The SMILES string of the molecule is O=C(Cc1ccccc1F)Nc1cccc(Cl)n1. The average molecular weight is 265 g/mol. The first-order valence-corrected chi connectivity index (χ1v) is 5.69. The molecule has 0 fully saturated rings. The molecule has 0 unspecified atom stereocenters. The number of nitrogens with one attached hydrogen (secondary N) is 1. The third-order valence-electron chi connectivity index (χ3n) is 2.29. The van der Waals surface area contributed by atoms with Crippen molar-refractivity contribution in [2.75, 3.05) is 5.32 Å². The zero-order valence-corrected chi connectivity index (χ0v) is 10.1. The van der Waals surface area contributed by atoms with Gasteiger partial charge in [0.05, 0.1) is 6.42 Å². The highest BCUT2D eigenvalue weighted by molar-refractivity contribution is 6.29. The van der Waals surface area contributed by atoms with Gasteiger partial charge in [0.1, 0.15) is 16.8 Å². The second-order valence-electron chi connectivity index (χ2n) is 3.66. The van der Waals surface area contributed by atoms with Crippen LogP contribution in [-0.2, 0) is 11.2 Å². The molecule has 0 saturated heterocycles. The minimum Gasteiger partial charge on any atom is -0.310 e. The van der Waals surface area contributed by atoms with Gasteiger partial charge in [-0.1, -0.05) is 35.9 Å². The van der Waals surface area contributed by atoms with Crippen molar-refractivity contribution in [3.8, 4) is 0 Å². The quantitative estimate of drug-likeness (QED) is 0.866. The van der Waals surface area contributed by atoms with Crippen LogP contribution >= 0.6 is 11.6 Å². The van der Waals surface area contributed by atoms with E-state index in [4.69, 9.17) is 11.6 Å². The highest BCUT2D eigenvalue weighted by Crippen LogP contribution is 2.11. The molecule has 2 rings (SSSR count). The molecule has 1 aromatic heterocycles. The lowest BCUT2D eigenvalue weighted by atomic mass is 10.1. The van der Waals surface area contributed by atoms with E-state index >= 15 is 0 Å². The molecule has 0 aliphatic rings. The van der Waals surface area contributed by atoms with E-state index in [2.05, 4.69) is 10.3 Å². The number of benzene rings is 1. The molecule has 0 aliphatic heterocycles. The van der Waals surface area contributed by atoms with E-state index in [1.165, 1.54) is 6.07 Å². The third-order valence-corrected chi connectivity index (χ3v) is 2.50. The maximum absolute atomic E-state index is 13.3. The monoisotopic (exact) mass is 264 g/mol.